The van der Waals surface area contributed by atoms with Crippen molar-refractivity contribution in [2.75, 3.05) is 32.6 Å². The van der Waals surface area contributed by atoms with Gasteiger partial charge in [0.15, 0.2) is 5.65 Å². The average Bonchev–Trinajstić information content (AvgIpc) is 2.86. The summed E-state index contributed by atoms with van der Waals surface area (Å²) in [6, 6.07) is 0. The lowest BCUT2D eigenvalue weighted by Gasteiger charge is -2.04. The quantitative estimate of drug-likeness (QED) is 0.423. The molecule has 0 saturated carbocycles. The predicted molar refractivity (Wildman–Crippen MR) is 71.8 cm³/mol. The molecule has 2 N–H and O–H groups in total. The van der Waals surface area contributed by atoms with Crippen molar-refractivity contribution in [3.63, 3.8) is 0 Å². The van der Waals surface area contributed by atoms with Gasteiger partial charge < -0.3 is 15.0 Å². The number of ether oxygens (including phenoxy) is 1. The molecule has 0 fully saturated rings. The number of methoxy groups -OCH3 is 1. The van der Waals surface area contributed by atoms with Gasteiger partial charge in [-0.1, -0.05) is 0 Å². The number of nitrogens with zero attached hydrogens (tertiary/aromatic N) is 3. The van der Waals surface area contributed by atoms with E-state index in [1.165, 1.54) is 0 Å². The Kier molecular flexibility index (Phi) is 5.37. The summed E-state index contributed by atoms with van der Waals surface area (Å²) in [5, 5.41) is 4.28. The fraction of sp³-hybridized carbons (Fsp3) is 0.545. The third-order valence-corrected chi connectivity index (χ3v) is 3.48. The highest BCUT2D eigenvalue weighted by Crippen LogP contribution is 2.21. The Labute approximate surface area is 110 Å². The Balaban J connectivity index is 1.72. The fourth-order valence-corrected chi connectivity index (χ4v) is 2.42. The van der Waals surface area contributed by atoms with Gasteiger partial charge in [-0.2, -0.15) is 0 Å². The van der Waals surface area contributed by atoms with Gasteiger partial charge in [0.05, 0.1) is 12.9 Å². The van der Waals surface area contributed by atoms with Crippen LogP contribution in [0.15, 0.2) is 17.7 Å². The van der Waals surface area contributed by atoms with Crippen LogP contribution in [-0.2, 0) is 4.74 Å². The minimum Gasteiger partial charge on any atom is -0.383 e. The number of hydrogen-bond acceptors (Lipinski definition) is 6. The number of fused-ring (bicyclic) bond motifs is 1. The van der Waals surface area contributed by atoms with E-state index >= 15 is 0 Å². The van der Waals surface area contributed by atoms with Gasteiger partial charge in [0, 0.05) is 19.4 Å². The molecule has 98 valence electrons. The van der Waals surface area contributed by atoms with Crippen LogP contribution in [0.5, 0.6) is 0 Å². The molecule has 2 aromatic rings. The van der Waals surface area contributed by atoms with Crippen molar-refractivity contribution >= 4 is 22.9 Å². The normalized spacial score (nSPS) is 11.2. The van der Waals surface area contributed by atoms with Crippen molar-refractivity contribution in [1.82, 2.24) is 25.3 Å². The largest absolute Gasteiger partial charge is 0.383 e. The lowest BCUT2D eigenvalue weighted by atomic mass is 10.5. The molecule has 0 unspecified atom stereocenters. The van der Waals surface area contributed by atoms with Gasteiger partial charge in [0.1, 0.15) is 16.9 Å². The van der Waals surface area contributed by atoms with E-state index in [1.54, 1.807) is 31.5 Å². The minimum atomic E-state index is 0.728. The Hall–Kier alpha value is -1.18. The van der Waals surface area contributed by atoms with Gasteiger partial charge in [-0.3, -0.25) is 0 Å². The molecule has 2 rings (SSSR count). The number of aromatic nitrogens is 4. The first kappa shape index (κ1) is 13.3. The molecule has 7 heteroatoms. The first-order chi connectivity index (χ1) is 8.92. The summed E-state index contributed by atoms with van der Waals surface area (Å²) in [5.41, 5.74) is 1.65. The molecule has 0 amide bonds. The molecular formula is C11H17N5OS. The number of nitrogens with one attached hydrogen (secondary N) is 2. The maximum absolute atomic E-state index is 4.96. The highest BCUT2D eigenvalue weighted by Gasteiger charge is 2.05. The summed E-state index contributed by atoms with van der Waals surface area (Å²) in [6.07, 6.45) is 4.30. The van der Waals surface area contributed by atoms with Crippen molar-refractivity contribution in [3.05, 3.63) is 12.7 Å². The molecule has 0 aliphatic heterocycles. The van der Waals surface area contributed by atoms with Crippen molar-refractivity contribution in [2.45, 2.75) is 11.4 Å². The second-order valence-corrected chi connectivity index (χ2v) is 4.81. The number of aromatic amines is 1. The molecule has 0 radical (unpaired) electrons. The zero-order chi connectivity index (χ0) is 12.6. The van der Waals surface area contributed by atoms with Crippen molar-refractivity contribution in [2.24, 2.45) is 0 Å². The molecule has 0 spiro atoms. The molecule has 0 aliphatic rings. The zero-order valence-corrected chi connectivity index (χ0v) is 11.2. The zero-order valence-electron chi connectivity index (χ0n) is 10.3. The van der Waals surface area contributed by atoms with Crippen LogP contribution in [0, 0.1) is 0 Å². The van der Waals surface area contributed by atoms with Crippen LogP contribution in [0.3, 0.4) is 0 Å². The van der Waals surface area contributed by atoms with E-state index in [9.17, 15) is 0 Å². The van der Waals surface area contributed by atoms with Gasteiger partial charge in [0.2, 0.25) is 0 Å². The third-order valence-electron chi connectivity index (χ3n) is 2.41. The summed E-state index contributed by atoms with van der Waals surface area (Å²) >= 11 is 1.72. The van der Waals surface area contributed by atoms with Gasteiger partial charge >= 0.3 is 0 Å². The Bertz CT molecular complexity index is 475. The van der Waals surface area contributed by atoms with Gasteiger partial charge in [-0.25, -0.2) is 15.0 Å². The van der Waals surface area contributed by atoms with Crippen molar-refractivity contribution in [3.8, 4) is 0 Å². The summed E-state index contributed by atoms with van der Waals surface area (Å²) in [7, 11) is 1.71. The monoisotopic (exact) mass is 267 g/mol. The van der Waals surface area contributed by atoms with E-state index in [0.717, 1.165) is 48.1 Å². The summed E-state index contributed by atoms with van der Waals surface area (Å²) in [5.74, 6) is 1.02. The van der Waals surface area contributed by atoms with E-state index < -0.39 is 0 Å². The number of rotatable bonds is 8. The minimum absolute atomic E-state index is 0.728. The predicted octanol–water partition coefficient (Wildman–Crippen LogP) is 1.07. The number of H-pyrrole nitrogens is 1. The van der Waals surface area contributed by atoms with Crippen LogP contribution in [-0.4, -0.2) is 52.5 Å². The smallest absolute Gasteiger partial charge is 0.181 e. The van der Waals surface area contributed by atoms with Gasteiger partial charge in [0.25, 0.3) is 0 Å². The Morgan fingerprint density at radius 1 is 1.33 bits per heavy atom. The van der Waals surface area contributed by atoms with Crippen molar-refractivity contribution in [1.29, 1.82) is 0 Å². The third kappa shape index (κ3) is 3.66. The molecule has 0 atom stereocenters. The molecule has 2 heterocycles. The first-order valence-electron chi connectivity index (χ1n) is 5.88. The van der Waals surface area contributed by atoms with Crippen LogP contribution < -0.4 is 5.32 Å². The molecule has 0 aliphatic carbocycles. The van der Waals surface area contributed by atoms with Crippen molar-refractivity contribution < 1.29 is 4.74 Å². The maximum Gasteiger partial charge on any atom is 0.181 e. The van der Waals surface area contributed by atoms with E-state index in [2.05, 4.69) is 25.3 Å². The molecule has 0 saturated heterocycles. The van der Waals surface area contributed by atoms with Crippen LogP contribution >= 0.6 is 11.8 Å². The molecule has 18 heavy (non-hydrogen) atoms. The van der Waals surface area contributed by atoms with Gasteiger partial charge in [-0.15, -0.1) is 11.8 Å². The number of thioether (sulfide) groups is 1. The standard InChI is InChI=1S/C11H17N5OS/c1-17-5-4-12-3-2-6-18-11-9-10(14-7-13-9)15-8-16-11/h7-8,12H,2-6H2,1H3,(H,13,14,15,16). The molecule has 0 bridgehead atoms. The lowest BCUT2D eigenvalue weighted by molar-refractivity contribution is 0.199. The molecule has 0 aromatic carbocycles. The second kappa shape index (κ2) is 7.30. The number of imidazole rings is 1. The first-order valence-corrected chi connectivity index (χ1v) is 6.87. The maximum atomic E-state index is 4.96. The Morgan fingerprint density at radius 2 is 2.28 bits per heavy atom. The van der Waals surface area contributed by atoms with E-state index in [4.69, 9.17) is 4.74 Å². The van der Waals surface area contributed by atoms with Crippen LogP contribution in [0.25, 0.3) is 11.2 Å². The fourth-order valence-electron chi connectivity index (χ4n) is 1.52. The summed E-state index contributed by atoms with van der Waals surface area (Å²) in [6.45, 7) is 2.65. The second-order valence-electron chi connectivity index (χ2n) is 3.72. The lowest BCUT2D eigenvalue weighted by Crippen LogP contribution is -2.20. The van der Waals surface area contributed by atoms with Crippen LogP contribution in [0.2, 0.25) is 0 Å². The molecular weight excluding hydrogens is 250 g/mol. The topological polar surface area (TPSA) is 75.7 Å². The van der Waals surface area contributed by atoms with E-state index in [1.807, 2.05) is 0 Å². The Morgan fingerprint density at radius 3 is 3.17 bits per heavy atom. The average molecular weight is 267 g/mol. The highest BCUT2D eigenvalue weighted by atomic mass is 32.2. The number of hydrogen-bond donors (Lipinski definition) is 2. The summed E-state index contributed by atoms with van der Waals surface area (Å²) < 4.78 is 4.96. The van der Waals surface area contributed by atoms with Crippen LogP contribution in [0.1, 0.15) is 6.42 Å². The molecule has 6 nitrogen and oxygen atoms in total. The van der Waals surface area contributed by atoms with Crippen LogP contribution in [0.4, 0.5) is 0 Å². The van der Waals surface area contributed by atoms with E-state index in [0.29, 0.717) is 0 Å². The van der Waals surface area contributed by atoms with Gasteiger partial charge in [-0.05, 0) is 13.0 Å². The van der Waals surface area contributed by atoms with E-state index in [-0.39, 0.29) is 0 Å². The SMILES string of the molecule is COCCNCCCSc1ncnc2nc[nH]c12. The molecule has 2 aromatic heterocycles. The highest BCUT2D eigenvalue weighted by molar-refractivity contribution is 7.99. The summed E-state index contributed by atoms with van der Waals surface area (Å²) in [4.78, 5) is 15.5.